The van der Waals surface area contributed by atoms with Crippen molar-refractivity contribution in [3.63, 3.8) is 0 Å². The summed E-state index contributed by atoms with van der Waals surface area (Å²) in [5.41, 5.74) is 8.65. The Labute approximate surface area is 380 Å². The van der Waals surface area contributed by atoms with E-state index in [1.54, 1.807) is 12.1 Å². The Balaban J connectivity index is 1.08. The Morgan fingerprint density at radius 3 is 1.27 bits per heavy atom. The van der Waals surface area contributed by atoms with Gasteiger partial charge in [-0.05, 0) is 125 Å². The van der Waals surface area contributed by atoms with E-state index < -0.39 is 24.2 Å². The van der Waals surface area contributed by atoms with Gasteiger partial charge in [-0.1, -0.05) is 224 Å². The van der Waals surface area contributed by atoms with E-state index in [0.29, 0.717) is 16.8 Å². The Morgan fingerprint density at radius 2 is 0.667 bits per heavy atom. The first-order chi connectivity index (χ1) is 34.6. The van der Waals surface area contributed by atoms with Crippen LogP contribution < -0.4 is 4.90 Å². The standard InChI is InChI=1S/C62H43N/c1-3-12-44(13-4-1)45-22-24-46(25-23-45)48-30-37-55(38-31-48)63(56-39-32-49(33-40-56)47-26-28-52(29-27-47)59-21-11-18-50-14-7-9-19-58(50)59)57-41-34-53(35-42-57)61-43-36-51-15-8-10-20-60(51)62(61)54-16-5-2-6-17-54/h1-43H/i32D,33D,34D,35D,39D,40D,41D,42D. The maximum absolute atomic E-state index is 9.78. The lowest BCUT2D eigenvalue weighted by Crippen LogP contribution is -2.09. The Bertz CT molecular complexity index is 3760. The van der Waals surface area contributed by atoms with Gasteiger partial charge in [0.25, 0.3) is 0 Å². The van der Waals surface area contributed by atoms with Gasteiger partial charge in [-0.2, -0.15) is 0 Å². The molecular weight excluding hydrogens is 759 g/mol. The third kappa shape index (κ3) is 7.47. The highest BCUT2D eigenvalue weighted by Crippen LogP contribution is 2.42. The van der Waals surface area contributed by atoms with Crippen LogP contribution in [0.4, 0.5) is 17.1 Å². The van der Waals surface area contributed by atoms with Gasteiger partial charge in [0.1, 0.15) is 0 Å². The quantitative estimate of drug-likeness (QED) is 0.140. The van der Waals surface area contributed by atoms with E-state index in [4.69, 9.17) is 0 Å². The van der Waals surface area contributed by atoms with Crippen molar-refractivity contribution >= 4 is 38.6 Å². The van der Waals surface area contributed by atoms with Crippen LogP contribution in [0.1, 0.15) is 11.0 Å². The van der Waals surface area contributed by atoms with Crippen LogP contribution >= 0.6 is 0 Å². The molecule has 0 saturated heterocycles. The third-order valence-electron chi connectivity index (χ3n) is 11.7. The van der Waals surface area contributed by atoms with Crippen molar-refractivity contribution in [2.75, 3.05) is 4.90 Å². The molecule has 11 rings (SSSR count). The lowest BCUT2D eigenvalue weighted by atomic mass is 9.90. The highest BCUT2D eigenvalue weighted by atomic mass is 15.1. The summed E-state index contributed by atoms with van der Waals surface area (Å²) in [4.78, 5) is 1.36. The number of nitrogens with zero attached hydrogens (tertiary/aromatic N) is 1. The average molecular weight is 810 g/mol. The predicted octanol–water partition coefficient (Wildman–Crippen LogP) is 17.5. The Kier molecular flexibility index (Phi) is 7.90. The summed E-state index contributed by atoms with van der Waals surface area (Å²) in [6.45, 7) is 0. The van der Waals surface area contributed by atoms with E-state index >= 15 is 0 Å². The molecule has 0 bridgehead atoms. The molecule has 0 aliphatic rings. The van der Waals surface area contributed by atoms with Crippen LogP contribution in [0.15, 0.2) is 261 Å². The largest absolute Gasteiger partial charge is 0.311 e. The minimum absolute atomic E-state index is 0.0992. The van der Waals surface area contributed by atoms with Gasteiger partial charge in [0.05, 0.1) is 11.0 Å². The Hall–Kier alpha value is -8.26. The molecule has 0 unspecified atom stereocenters. The van der Waals surface area contributed by atoms with Gasteiger partial charge >= 0.3 is 0 Å². The van der Waals surface area contributed by atoms with E-state index in [-0.39, 0.29) is 46.7 Å². The molecule has 0 heterocycles. The van der Waals surface area contributed by atoms with Crippen molar-refractivity contribution in [3.8, 4) is 66.8 Å². The number of hydrogen-bond donors (Lipinski definition) is 0. The van der Waals surface area contributed by atoms with Gasteiger partial charge < -0.3 is 4.90 Å². The van der Waals surface area contributed by atoms with Crippen LogP contribution in [0.2, 0.25) is 0 Å². The van der Waals surface area contributed by atoms with Crippen molar-refractivity contribution in [1.29, 1.82) is 0 Å². The third-order valence-corrected chi connectivity index (χ3v) is 11.7. The maximum Gasteiger partial charge on any atom is 0.0645 e. The molecule has 0 aromatic heterocycles. The summed E-state index contributed by atoms with van der Waals surface area (Å²) >= 11 is 0. The predicted molar refractivity (Wildman–Crippen MR) is 269 cm³/mol. The normalized spacial score (nSPS) is 13.0. The lowest BCUT2D eigenvalue weighted by molar-refractivity contribution is 1.28. The lowest BCUT2D eigenvalue weighted by Gasteiger charge is -2.26. The van der Waals surface area contributed by atoms with E-state index in [9.17, 15) is 11.0 Å². The van der Waals surface area contributed by atoms with Gasteiger partial charge in [-0.25, -0.2) is 0 Å². The summed E-state index contributed by atoms with van der Waals surface area (Å²) in [6.07, 6.45) is 0. The fraction of sp³-hybridized carbons (Fsp3) is 0. The zero-order valence-corrected chi connectivity index (χ0v) is 34.2. The van der Waals surface area contributed by atoms with E-state index in [0.717, 1.165) is 66.1 Å². The van der Waals surface area contributed by atoms with Gasteiger partial charge in [-0.3, -0.25) is 0 Å². The first kappa shape index (κ1) is 29.9. The fourth-order valence-corrected chi connectivity index (χ4v) is 8.46. The van der Waals surface area contributed by atoms with E-state index in [2.05, 4.69) is 42.5 Å². The first-order valence-corrected chi connectivity index (χ1v) is 21.0. The van der Waals surface area contributed by atoms with Crippen molar-refractivity contribution in [2.24, 2.45) is 0 Å². The summed E-state index contributed by atoms with van der Waals surface area (Å²) in [5, 5.41) is 4.03. The summed E-state index contributed by atoms with van der Waals surface area (Å²) in [6, 6.07) is 65.7. The second-order valence-corrected chi connectivity index (χ2v) is 15.5. The van der Waals surface area contributed by atoms with Crippen LogP contribution in [0.25, 0.3) is 88.3 Å². The van der Waals surface area contributed by atoms with Crippen molar-refractivity contribution in [1.82, 2.24) is 0 Å². The minimum Gasteiger partial charge on any atom is -0.311 e. The number of anilines is 3. The summed E-state index contributed by atoms with van der Waals surface area (Å²) in [7, 11) is 0. The second-order valence-electron chi connectivity index (χ2n) is 15.5. The van der Waals surface area contributed by atoms with E-state index in [1.165, 1.54) is 4.90 Å². The van der Waals surface area contributed by atoms with Crippen LogP contribution in [-0.2, 0) is 0 Å². The molecule has 0 atom stereocenters. The smallest absolute Gasteiger partial charge is 0.0645 e. The van der Waals surface area contributed by atoms with Crippen LogP contribution in [0.5, 0.6) is 0 Å². The summed E-state index contributed by atoms with van der Waals surface area (Å²) in [5.74, 6) is 0. The monoisotopic (exact) mass is 809 g/mol. The molecule has 0 spiro atoms. The number of benzene rings is 11. The zero-order chi connectivity index (χ0) is 48.9. The average Bonchev–Trinajstić information content (AvgIpc) is 3.42. The highest BCUT2D eigenvalue weighted by molar-refractivity contribution is 6.04. The minimum atomic E-state index is -0.404. The molecule has 0 fully saturated rings. The van der Waals surface area contributed by atoms with Gasteiger partial charge in [0, 0.05) is 17.1 Å². The molecule has 0 amide bonds. The molecule has 0 aliphatic carbocycles. The Morgan fingerprint density at radius 1 is 0.238 bits per heavy atom. The molecule has 63 heavy (non-hydrogen) atoms. The van der Waals surface area contributed by atoms with Crippen molar-refractivity contribution < 1.29 is 11.0 Å². The molecule has 0 saturated carbocycles. The molecule has 0 aliphatic heterocycles. The number of rotatable bonds is 9. The molecule has 1 heteroatoms. The molecular formula is C62H43N. The highest BCUT2D eigenvalue weighted by Gasteiger charge is 2.16. The van der Waals surface area contributed by atoms with Crippen LogP contribution in [0, 0.1) is 0 Å². The number of hydrogen-bond acceptors (Lipinski definition) is 1. The molecule has 0 N–H and O–H groups in total. The summed E-state index contributed by atoms with van der Waals surface area (Å²) < 4.78 is 77.3. The van der Waals surface area contributed by atoms with E-state index in [1.807, 2.05) is 158 Å². The molecule has 296 valence electrons. The van der Waals surface area contributed by atoms with Crippen molar-refractivity contribution in [3.05, 3.63) is 261 Å². The van der Waals surface area contributed by atoms with Crippen molar-refractivity contribution in [2.45, 2.75) is 0 Å². The maximum atomic E-state index is 9.78. The zero-order valence-electron chi connectivity index (χ0n) is 42.2. The number of fused-ring (bicyclic) bond motifs is 2. The fourth-order valence-electron chi connectivity index (χ4n) is 8.46. The van der Waals surface area contributed by atoms with Crippen LogP contribution in [0.3, 0.4) is 0 Å². The topological polar surface area (TPSA) is 3.24 Å². The SMILES string of the molecule is [2H]c1c([2H])c(N(c2ccc(-c3ccc(-c4ccccc4)cc3)cc2)c2c([2H])c([2H])c(-c3ccc4ccccc4c3-c3ccccc3)c([2H])c2[2H])c([2H])c([2H])c1-c1ccc(-c2cccc3ccccc23)cc1. The van der Waals surface area contributed by atoms with Gasteiger partial charge in [-0.15, -0.1) is 0 Å². The molecule has 1 nitrogen and oxygen atoms in total. The molecule has 11 aromatic carbocycles. The second kappa shape index (κ2) is 16.7. The first-order valence-electron chi connectivity index (χ1n) is 25.0. The molecule has 0 radical (unpaired) electrons. The molecule has 11 aromatic rings. The van der Waals surface area contributed by atoms with Crippen LogP contribution in [-0.4, -0.2) is 0 Å². The van der Waals surface area contributed by atoms with Gasteiger partial charge in [0.15, 0.2) is 0 Å². The van der Waals surface area contributed by atoms with Gasteiger partial charge in [0.2, 0.25) is 0 Å².